The number of allylic oxidation sites excluding steroid dienone is 1. The monoisotopic (exact) mass is 363 g/mol. The predicted molar refractivity (Wildman–Crippen MR) is 81.9 cm³/mol. The van der Waals surface area contributed by atoms with E-state index in [-0.39, 0.29) is 16.5 Å². The van der Waals surface area contributed by atoms with Crippen molar-refractivity contribution >= 4 is 21.4 Å². The SMILES string of the molecule is O=C(C=C(O)c1nc[nH]n1)c1ccc(S(=O)(=O)c2ccc(F)cc2)o1. The summed E-state index contributed by atoms with van der Waals surface area (Å²) in [7, 11) is -4.04. The zero-order valence-corrected chi connectivity index (χ0v) is 13.2. The lowest BCUT2D eigenvalue weighted by Crippen LogP contribution is -2.01. The molecule has 3 aromatic rings. The molecule has 0 aliphatic heterocycles. The van der Waals surface area contributed by atoms with Crippen molar-refractivity contribution in [3.05, 3.63) is 66.2 Å². The first-order valence-electron chi connectivity index (χ1n) is 6.79. The van der Waals surface area contributed by atoms with Gasteiger partial charge in [0.05, 0.1) is 4.90 Å². The van der Waals surface area contributed by atoms with Gasteiger partial charge >= 0.3 is 0 Å². The maximum Gasteiger partial charge on any atom is 0.239 e. The lowest BCUT2D eigenvalue weighted by molar-refractivity contribution is 0.101. The Bertz CT molecular complexity index is 1040. The third-order valence-corrected chi connectivity index (χ3v) is 4.77. The van der Waals surface area contributed by atoms with E-state index >= 15 is 0 Å². The van der Waals surface area contributed by atoms with Crippen LogP contribution in [0.4, 0.5) is 4.39 Å². The number of nitrogens with zero attached hydrogens (tertiary/aromatic N) is 2. The van der Waals surface area contributed by atoms with Gasteiger partial charge < -0.3 is 9.52 Å². The van der Waals surface area contributed by atoms with E-state index in [4.69, 9.17) is 4.42 Å². The highest BCUT2D eigenvalue weighted by molar-refractivity contribution is 7.91. The van der Waals surface area contributed by atoms with Crippen molar-refractivity contribution in [1.82, 2.24) is 15.2 Å². The number of H-pyrrole nitrogens is 1. The van der Waals surface area contributed by atoms with Gasteiger partial charge in [0.2, 0.25) is 26.5 Å². The molecule has 0 amide bonds. The first kappa shape index (κ1) is 16.6. The Balaban J connectivity index is 1.88. The zero-order valence-electron chi connectivity index (χ0n) is 12.4. The molecule has 2 aromatic heterocycles. The Morgan fingerprint density at radius 2 is 1.92 bits per heavy atom. The maximum atomic E-state index is 12.9. The van der Waals surface area contributed by atoms with Crippen LogP contribution < -0.4 is 0 Å². The number of halogens is 1. The second-order valence-electron chi connectivity index (χ2n) is 4.79. The summed E-state index contributed by atoms with van der Waals surface area (Å²) in [4.78, 5) is 15.5. The van der Waals surface area contributed by atoms with E-state index in [1.54, 1.807) is 0 Å². The standard InChI is InChI=1S/C15H10FN3O5S/c16-9-1-3-10(4-2-9)25(22,23)14-6-5-13(24-14)11(20)7-12(21)15-17-8-18-19-15/h1-8,21H,(H,17,18,19). The Morgan fingerprint density at radius 1 is 1.20 bits per heavy atom. The molecular formula is C15H10FN3O5S. The summed E-state index contributed by atoms with van der Waals surface area (Å²) >= 11 is 0. The van der Waals surface area contributed by atoms with E-state index in [1.807, 2.05) is 0 Å². The van der Waals surface area contributed by atoms with Gasteiger partial charge in [0.1, 0.15) is 12.1 Å². The number of ketones is 1. The summed E-state index contributed by atoms with van der Waals surface area (Å²) in [6.07, 6.45) is 2.01. The van der Waals surface area contributed by atoms with E-state index in [1.165, 1.54) is 6.33 Å². The lowest BCUT2D eigenvalue weighted by Gasteiger charge is -2.00. The van der Waals surface area contributed by atoms with Gasteiger partial charge in [-0.25, -0.2) is 17.8 Å². The van der Waals surface area contributed by atoms with Crippen LogP contribution in [0.5, 0.6) is 0 Å². The van der Waals surface area contributed by atoms with Gasteiger partial charge in [0, 0.05) is 6.08 Å². The number of hydrogen-bond acceptors (Lipinski definition) is 7. The summed E-state index contributed by atoms with van der Waals surface area (Å²) in [5.41, 5.74) is 0. The molecule has 1 aromatic carbocycles. The molecule has 2 N–H and O–H groups in total. The first-order chi connectivity index (χ1) is 11.9. The number of sulfone groups is 1. The number of carbonyl (C=O) groups is 1. The quantitative estimate of drug-likeness (QED) is 0.308. The molecule has 25 heavy (non-hydrogen) atoms. The largest absolute Gasteiger partial charge is 0.504 e. The van der Waals surface area contributed by atoms with Gasteiger partial charge in [-0.3, -0.25) is 9.89 Å². The van der Waals surface area contributed by atoms with Crippen LogP contribution in [0.3, 0.4) is 0 Å². The molecular weight excluding hydrogens is 353 g/mol. The molecule has 0 unspecified atom stereocenters. The fraction of sp³-hybridized carbons (Fsp3) is 0. The van der Waals surface area contributed by atoms with Crippen molar-refractivity contribution in [2.45, 2.75) is 9.99 Å². The number of aromatic amines is 1. The highest BCUT2D eigenvalue weighted by Crippen LogP contribution is 2.23. The number of aliphatic hydroxyl groups excluding tert-OH is 1. The van der Waals surface area contributed by atoms with E-state index < -0.39 is 32.3 Å². The van der Waals surface area contributed by atoms with Gasteiger partial charge in [-0.1, -0.05) is 0 Å². The van der Waals surface area contributed by atoms with Crippen LogP contribution in [-0.4, -0.2) is 34.5 Å². The minimum atomic E-state index is -4.04. The Morgan fingerprint density at radius 3 is 2.56 bits per heavy atom. The van der Waals surface area contributed by atoms with Crippen molar-refractivity contribution in [2.24, 2.45) is 0 Å². The summed E-state index contributed by atoms with van der Waals surface area (Å²) in [6.45, 7) is 0. The van der Waals surface area contributed by atoms with Crippen LogP contribution in [-0.2, 0) is 9.84 Å². The van der Waals surface area contributed by atoms with E-state index in [9.17, 15) is 22.7 Å². The van der Waals surface area contributed by atoms with Crippen LogP contribution in [0.1, 0.15) is 16.4 Å². The van der Waals surface area contributed by atoms with Crippen molar-refractivity contribution < 1.29 is 27.1 Å². The van der Waals surface area contributed by atoms with Crippen molar-refractivity contribution in [3.63, 3.8) is 0 Å². The fourth-order valence-electron chi connectivity index (χ4n) is 1.92. The number of nitrogens with one attached hydrogen (secondary N) is 1. The number of aliphatic hydroxyl groups is 1. The molecule has 10 heteroatoms. The van der Waals surface area contributed by atoms with Gasteiger partial charge in [0.15, 0.2) is 11.5 Å². The highest BCUT2D eigenvalue weighted by Gasteiger charge is 2.23. The lowest BCUT2D eigenvalue weighted by atomic mass is 10.2. The average Bonchev–Trinajstić information content (AvgIpc) is 3.27. The van der Waals surface area contributed by atoms with Gasteiger partial charge in [-0.15, -0.1) is 0 Å². The number of rotatable bonds is 5. The average molecular weight is 363 g/mol. The molecule has 0 fully saturated rings. The molecule has 0 radical (unpaired) electrons. The molecule has 0 bridgehead atoms. The topological polar surface area (TPSA) is 126 Å². The molecule has 0 saturated heterocycles. The molecule has 0 aliphatic rings. The number of carbonyl (C=O) groups excluding carboxylic acids is 1. The van der Waals surface area contributed by atoms with Crippen molar-refractivity contribution in [1.29, 1.82) is 0 Å². The van der Waals surface area contributed by atoms with E-state index in [0.29, 0.717) is 0 Å². The molecule has 0 spiro atoms. The van der Waals surface area contributed by atoms with E-state index in [2.05, 4.69) is 15.2 Å². The minimum Gasteiger partial charge on any atom is -0.504 e. The molecule has 8 nitrogen and oxygen atoms in total. The van der Waals surface area contributed by atoms with Crippen LogP contribution in [0.25, 0.3) is 5.76 Å². The number of benzene rings is 1. The van der Waals surface area contributed by atoms with Crippen LogP contribution in [0.15, 0.2) is 63.2 Å². The first-order valence-corrected chi connectivity index (χ1v) is 8.28. The minimum absolute atomic E-state index is 0.0981. The molecule has 0 aliphatic carbocycles. The summed E-state index contributed by atoms with van der Waals surface area (Å²) in [6, 6.07) is 6.43. The highest BCUT2D eigenvalue weighted by atomic mass is 32.2. The Kier molecular flexibility index (Phi) is 4.19. The van der Waals surface area contributed by atoms with Crippen LogP contribution in [0.2, 0.25) is 0 Å². The smallest absolute Gasteiger partial charge is 0.239 e. The second kappa shape index (κ2) is 6.32. The van der Waals surface area contributed by atoms with Crippen LogP contribution in [0, 0.1) is 5.82 Å². The Labute approximate surface area is 140 Å². The molecule has 0 atom stereocenters. The van der Waals surface area contributed by atoms with Crippen molar-refractivity contribution in [2.75, 3.05) is 0 Å². The summed E-state index contributed by atoms with van der Waals surface area (Å²) < 4.78 is 42.7. The van der Waals surface area contributed by atoms with Gasteiger partial charge in [0.25, 0.3) is 0 Å². The molecule has 128 valence electrons. The van der Waals surface area contributed by atoms with Gasteiger partial charge in [-0.2, -0.15) is 5.10 Å². The fourth-order valence-corrected chi connectivity index (χ4v) is 3.09. The normalized spacial score (nSPS) is 12.3. The summed E-state index contributed by atoms with van der Waals surface area (Å²) in [5.74, 6) is -2.27. The van der Waals surface area contributed by atoms with Gasteiger partial charge in [-0.05, 0) is 36.4 Å². The molecule has 3 rings (SSSR count). The molecule has 0 saturated carbocycles. The van der Waals surface area contributed by atoms with E-state index in [0.717, 1.165) is 42.5 Å². The second-order valence-corrected chi connectivity index (χ2v) is 6.67. The number of aromatic nitrogens is 3. The number of hydrogen-bond donors (Lipinski definition) is 2. The molecule has 2 heterocycles. The summed E-state index contributed by atoms with van der Waals surface area (Å²) in [5, 5.41) is 15.2. The maximum absolute atomic E-state index is 12.9. The third kappa shape index (κ3) is 3.33. The predicted octanol–water partition coefficient (Wildman–Crippen LogP) is 2.15. The number of furan rings is 1. The van der Waals surface area contributed by atoms with Crippen LogP contribution >= 0.6 is 0 Å². The zero-order chi connectivity index (χ0) is 18.0. The van der Waals surface area contributed by atoms with Crippen molar-refractivity contribution in [3.8, 4) is 0 Å². The third-order valence-electron chi connectivity index (χ3n) is 3.12. The Hall–Kier alpha value is -3.27.